The van der Waals surface area contributed by atoms with Gasteiger partial charge in [-0.15, -0.1) is 0 Å². The SMILES string of the molecule is CCC(CC)(CN)C(=O)NCC(=O)N1CCc2ccccc21. The molecule has 0 saturated heterocycles. The van der Waals surface area contributed by atoms with Crippen molar-refractivity contribution >= 4 is 17.5 Å². The molecule has 0 aliphatic carbocycles. The summed E-state index contributed by atoms with van der Waals surface area (Å²) in [6.07, 6.45) is 2.21. The molecule has 0 atom stereocenters. The number of rotatable bonds is 6. The van der Waals surface area contributed by atoms with Crippen LogP contribution in [0.15, 0.2) is 24.3 Å². The van der Waals surface area contributed by atoms with Crippen LogP contribution in [0.1, 0.15) is 32.3 Å². The Balaban J connectivity index is 1.98. The minimum absolute atomic E-state index is 0.0227. The van der Waals surface area contributed by atoms with E-state index in [9.17, 15) is 9.59 Å². The Morgan fingerprint density at radius 2 is 1.95 bits per heavy atom. The highest BCUT2D eigenvalue weighted by atomic mass is 16.2. The van der Waals surface area contributed by atoms with Crippen LogP contribution in [0.5, 0.6) is 0 Å². The summed E-state index contributed by atoms with van der Waals surface area (Å²) in [7, 11) is 0. The number of carbonyl (C=O) groups is 2. The van der Waals surface area contributed by atoms with Crippen LogP contribution in [0.4, 0.5) is 5.69 Å². The number of hydrogen-bond donors (Lipinski definition) is 2. The molecule has 0 fully saturated rings. The number of nitrogens with zero attached hydrogens (tertiary/aromatic N) is 1. The van der Waals surface area contributed by atoms with Gasteiger partial charge in [0.1, 0.15) is 0 Å². The highest BCUT2D eigenvalue weighted by Gasteiger charge is 2.34. The first-order valence-corrected chi connectivity index (χ1v) is 7.94. The predicted octanol–water partition coefficient (Wildman–Crippen LogP) is 1.46. The minimum atomic E-state index is -0.566. The third-order valence-corrected chi connectivity index (χ3v) is 4.81. The summed E-state index contributed by atoms with van der Waals surface area (Å²) >= 11 is 0. The fourth-order valence-corrected chi connectivity index (χ4v) is 2.99. The Morgan fingerprint density at radius 1 is 1.27 bits per heavy atom. The molecule has 5 nitrogen and oxygen atoms in total. The molecule has 120 valence electrons. The van der Waals surface area contributed by atoms with Crippen LogP contribution < -0.4 is 16.0 Å². The highest BCUT2D eigenvalue weighted by Crippen LogP contribution is 2.28. The number of para-hydroxylation sites is 1. The number of benzene rings is 1. The van der Waals surface area contributed by atoms with E-state index >= 15 is 0 Å². The van der Waals surface area contributed by atoms with Gasteiger partial charge in [-0.05, 0) is 30.9 Å². The van der Waals surface area contributed by atoms with Crippen LogP contribution in [0.3, 0.4) is 0 Å². The standard InChI is InChI=1S/C17H25N3O2/c1-3-17(4-2,12-18)16(22)19-11-15(21)20-10-9-13-7-5-6-8-14(13)20/h5-8H,3-4,9-12,18H2,1-2H3,(H,19,22). The summed E-state index contributed by atoms with van der Waals surface area (Å²) in [6.45, 7) is 4.90. The lowest BCUT2D eigenvalue weighted by Gasteiger charge is -2.28. The van der Waals surface area contributed by atoms with Crippen molar-refractivity contribution < 1.29 is 9.59 Å². The molecule has 22 heavy (non-hydrogen) atoms. The zero-order valence-electron chi connectivity index (χ0n) is 13.4. The third kappa shape index (κ3) is 2.99. The largest absolute Gasteiger partial charge is 0.346 e. The van der Waals surface area contributed by atoms with Gasteiger partial charge in [-0.1, -0.05) is 32.0 Å². The molecule has 1 aliphatic rings. The van der Waals surface area contributed by atoms with Crippen molar-refractivity contribution in [2.24, 2.45) is 11.1 Å². The monoisotopic (exact) mass is 303 g/mol. The van der Waals surface area contributed by atoms with Gasteiger partial charge < -0.3 is 16.0 Å². The van der Waals surface area contributed by atoms with Crippen molar-refractivity contribution in [3.63, 3.8) is 0 Å². The third-order valence-electron chi connectivity index (χ3n) is 4.81. The van der Waals surface area contributed by atoms with Crippen LogP contribution in [-0.2, 0) is 16.0 Å². The van der Waals surface area contributed by atoms with Crippen molar-refractivity contribution in [2.75, 3.05) is 24.5 Å². The number of fused-ring (bicyclic) bond motifs is 1. The Kier molecular flexibility index (Phi) is 5.19. The Hall–Kier alpha value is -1.88. The van der Waals surface area contributed by atoms with E-state index in [1.165, 1.54) is 5.56 Å². The molecular weight excluding hydrogens is 278 g/mol. The lowest BCUT2D eigenvalue weighted by molar-refractivity contribution is -0.132. The molecule has 0 unspecified atom stereocenters. The maximum Gasteiger partial charge on any atom is 0.246 e. The van der Waals surface area contributed by atoms with Crippen molar-refractivity contribution in [3.8, 4) is 0 Å². The van der Waals surface area contributed by atoms with E-state index in [1.54, 1.807) is 4.90 Å². The van der Waals surface area contributed by atoms with E-state index in [-0.39, 0.29) is 18.4 Å². The molecule has 1 aliphatic heterocycles. The zero-order chi connectivity index (χ0) is 16.2. The van der Waals surface area contributed by atoms with Gasteiger partial charge >= 0.3 is 0 Å². The zero-order valence-corrected chi connectivity index (χ0v) is 13.4. The minimum Gasteiger partial charge on any atom is -0.346 e. The first-order valence-electron chi connectivity index (χ1n) is 7.94. The summed E-state index contributed by atoms with van der Waals surface area (Å²) < 4.78 is 0. The second kappa shape index (κ2) is 6.92. The van der Waals surface area contributed by atoms with Gasteiger partial charge in [-0.2, -0.15) is 0 Å². The number of amides is 2. The summed E-state index contributed by atoms with van der Waals surface area (Å²) in [5, 5.41) is 2.77. The number of carbonyl (C=O) groups excluding carboxylic acids is 2. The molecule has 0 radical (unpaired) electrons. The quantitative estimate of drug-likeness (QED) is 0.835. The number of nitrogens with one attached hydrogen (secondary N) is 1. The van der Waals surface area contributed by atoms with Gasteiger partial charge in [0, 0.05) is 18.8 Å². The van der Waals surface area contributed by atoms with Gasteiger partial charge in [0.25, 0.3) is 0 Å². The van der Waals surface area contributed by atoms with Crippen LogP contribution in [-0.4, -0.2) is 31.4 Å². The molecule has 0 spiro atoms. The maximum absolute atomic E-state index is 12.4. The highest BCUT2D eigenvalue weighted by molar-refractivity contribution is 5.98. The molecule has 5 heteroatoms. The predicted molar refractivity (Wildman–Crippen MR) is 87.6 cm³/mol. The van der Waals surface area contributed by atoms with Crippen molar-refractivity contribution in [1.29, 1.82) is 0 Å². The first-order chi connectivity index (χ1) is 10.6. The molecule has 0 bridgehead atoms. The molecule has 0 saturated carbocycles. The van der Waals surface area contributed by atoms with Gasteiger partial charge in [0.15, 0.2) is 0 Å². The average molecular weight is 303 g/mol. The summed E-state index contributed by atoms with van der Waals surface area (Å²) in [5.41, 5.74) is 7.34. The van der Waals surface area contributed by atoms with E-state index < -0.39 is 5.41 Å². The number of nitrogens with two attached hydrogens (primary N) is 1. The number of hydrogen-bond acceptors (Lipinski definition) is 3. The second-order valence-corrected chi connectivity index (χ2v) is 5.80. The summed E-state index contributed by atoms with van der Waals surface area (Å²) in [5.74, 6) is -0.197. The molecule has 1 aromatic carbocycles. The molecule has 1 aromatic rings. The summed E-state index contributed by atoms with van der Waals surface area (Å²) in [6, 6.07) is 7.89. The van der Waals surface area contributed by atoms with E-state index in [0.29, 0.717) is 25.9 Å². The van der Waals surface area contributed by atoms with E-state index in [4.69, 9.17) is 5.73 Å². The van der Waals surface area contributed by atoms with Crippen LogP contribution in [0.2, 0.25) is 0 Å². The average Bonchev–Trinajstić information content (AvgIpc) is 2.99. The smallest absolute Gasteiger partial charge is 0.246 e. The van der Waals surface area contributed by atoms with E-state index in [0.717, 1.165) is 12.1 Å². The van der Waals surface area contributed by atoms with Crippen molar-refractivity contribution in [1.82, 2.24) is 5.32 Å². The topological polar surface area (TPSA) is 75.4 Å². The molecule has 2 rings (SSSR count). The van der Waals surface area contributed by atoms with Crippen LogP contribution in [0.25, 0.3) is 0 Å². The normalized spacial score (nSPS) is 13.9. The first kappa shape index (κ1) is 16.5. The summed E-state index contributed by atoms with van der Waals surface area (Å²) in [4.78, 5) is 26.5. The second-order valence-electron chi connectivity index (χ2n) is 5.80. The lowest BCUT2D eigenvalue weighted by atomic mass is 9.81. The van der Waals surface area contributed by atoms with Gasteiger partial charge in [0.2, 0.25) is 11.8 Å². The van der Waals surface area contributed by atoms with Crippen LogP contribution in [0, 0.1) is 5.41 Å². The number of anilines is 1. The Morgan fingerprint density at radius 3 is 2.59 bits per heavy atom. The Bertz CT molecular complexity index is 544. The van der Waals surface area contributed by atoms with E-state index in [2.05, 4.69) is 5.32 Å². The van der Waals surface area contributed by atoms with Crippen molar-refractivity contribution in [2.45, 2.75) is 33.1 Å². The molecule has 1 heterocycles. The van der Waals surface area contributed by atoms with Gasteiger partial charge in [-0.25, -0.2) is 0 Å². The fraction of sp³-hybridized carbons (Fsp3) is 0.529. The van der Waals surface area contributed by atoms with E-state index in [1.807, 2.05) is 38.1 Å². The van der Waals surface area contributed by atoms with Crippen LogP contribution >= 0.6 is 0 Å². The van der Waals surface area contributed by atoms with Gasteiger partial charge in [0.05, 0.1) is 12.0 Å². The fourth-order valence-electron chi connectivity index (χ4n) is 2.99. The molecular formula is C17H25N3O2. The van der Waals surface area contributed by atoms with Crippen molar-refractivity contribution in [3.05, 3.63) is 29.8 Å². The lowest BCUT2D eigenvalue weighted by Crippen LogP contribution is -2.48. The van der Waals surface area contributed by atoms with Gasteiger partial charge in [-0.3, -0.25) is 9.59 Å². The maximum atomic E-state index is 12.4. The Labute approximate surface area is 131 Å². The molecule has 2 amide bonds. The molecule has 0 aromatic heterocycles. The molecule has 3 N–H and O–H groups in total.